The third-order valence-electron chi connectivity index (χ3n) is 2.20. The van der Waals surface area contributed by atoms with E-state index >= 15 is 0 Å². The molecule has 1 N–H and O–H groups in total. The third kappa shape index (κ3) is 4.10. The van der Waals surface area contributed by atoms with Crippen LogP contribution in [0.25, 0.3) is 0 Å². The van der Waals surface area contributed by atoms with Crippen molar-refractivity contribution in [3.63, 3.8) is 0 Å². The smallest absolute Gasteiger partial charge is 0.389 e. The molecule has 0 saturated heterocycles. The molecule has 0 fully saturated rings. The van der Waals surface area contributed by atoms with Gasteiger partial charge in [-0.25, -0.2) is 0 Å². The summed E-state index contributed by atoms with van der Waals surface area (Å²) in [5, 5.41) is 9.51. The van der Waals surface area contributed by atoms with E-state index in [9.17, 15) is 18.3 Å². The molecular weight excluding hydrogens is 221 g/mol. The number of aliphatic hydroxyl groups excluding tert-OH is 1. The van der Waals surface area contributed by atoms with E-state index in [0.717, 1.165) is 0 Å². The van der Waals surface area contributed by atoms with Crippen molar-refractivity contribution in [2.45, 2.75) is 25.1 Å². The summed E-state index contributed by atoms with van der Waals surface area (Å²) in [7, 11) is 1.50. The normalized spacial score (nSPS) is 13.6. The fraction of sp³-hybridized carbons (Fsp3) is 0.455. The van der Waals surface area contributed by atoms with Gasteiger partial charge in [0.15, 0.2) is 0 Å². The second-order valence-corrected chi connectivity index (χ2v) is 3.44. The molecule has 0 aromatic heterocycles. The molecule has 1 atom stereocenters. The highest BCUT2D eigenvalue weighted by molar-refractivity contribution is 5.28. The Labute approximate surface area is 91.7 Å². The predicted octanol–water partition coefficient (Wildman–Crippen LogP) is 3.07. The zero-order valence-corrected chi connectivity index (χ0v) is 8.79. The van der Waals surface area contributed by atoms with E-state index in [1.807, 2.05) is 0 Å². The van der Waals surface area contributed by atoms with Crippen LogP contribution in [0.2, 0.25) is 0 Å². The number of rotatable bonds is 4. The maximum atomic E-state index is 11.9. The van der Waals surface area contributed by atoms with Crippen molar-refractivity contribution < 1.29 is 23.0 Å². The number of aliphatic hydroxyl groups is 1. The van der Waals surface area contributed by atoms with Crippen molar-refractivity contribution in [2.24, 2.45) is 0 Å². The average Bonchev–Trinajstić information content (AvgIpc) is 2.25. The maximum Gasteiger partial charge on any atom is 0.389 e. The molecule has 0 aliphatic heterocycles. The Morgan fingerprint density at radius 1 is 1.25 bits per heavy atom. The van der Waals surface area contributed by atoms with Gasteiger partial charge in [-0.1, -0.05) is 12.1 Å². The summed E-state index contributed by atoms with van der Waals surface area (Å²) in [6.07, 6.45) is -6.63. The maximum absolute atomic E-state index is 11.9. The average molecular weight is 234 g/mol. The first-order chi connectivity index (χ1) is 7.42. The zero-order valence-electron chi connectivity index (χ0n) is 8.79. The quantitative estimate of drug-likeness (QED) is 0.867. The number of halogens is 3. The molecule has 0 saturated carbocycles. The van der Waals surface area contributed by atoms with E-state index < -0.39 is 18.7 Å². The van der Waals surface area contributed by atoms with Crippen LogP contribution in [-0.2, 0) is 0 Å². The lowest BCUT2D eigenvalue weighted by Crippen LogP contribution is -2.10. The second-order valence-electron chi connectivity index (χ2n) is 3.44. The molecule has 0 aliphatic rings. The van der Waals surface area contributed by atoms with Gasteiger partial charge in [-0.2, -0.15) is 13.2 Å². The molecule has 0 amide bonds. The highest BCUT2D eigenvalue weighted by atomic mass is 19.4. The van der Waals surface area contributed by atoms with Gasteiger partial charge >= 0.3 is 6.18 Å². The third-order valence-corrected chi connectivity index (χ3v) is 2.20. The molecule has 0 heterocycles. The van der Waals surface area contributed by atoms with Crippen LogP contribution < -0.4 is 4.74 Å². The van der Waals surface area contributed by atoms with Gasteiger partial charge in [0.25, 0.3) is 0 Å². The van der Waals surface area contributed by atoms with Gasteiger partial charge in [0, 0.05) is 6.42 Å². The Morgan fingerprint density at radius 3 is 2.25 bits per heavy atom. The number of hydrogen-bond donors (Lipinski definition) is 1. The summed E-state index contributed by atoms with van der Waals surface area (Å²) in [5.41, 5.74) is 0.463. The van der Waals surface area contributed by atoms with Crippen molar-refractivity contribution in [1.29, 1.82) is 0 Å². The molecule has 2 nitrogen and oxygen atoms in total. The van der Waals surface area contributed by atoms with Crippen molar-refractivity contribution in [2.75, 3.05) is 7.11 Å². The fourth-order valence-corrected chi connectivity index (χ4v) is 1.29. The molecule has 1 unspecified atom stereocenters. The van der Waals surface area contributed by atoms with Crippen LogP contribution in [0, 0.1) is 0 Å². The first-order valence-corrected chi connectivity index (χ1v) is 4.81. The molecule has 90 valence electrons. The van der Waals surface area contributed by atoms with E-state index in [2.05, 4.69) is 0 Å². The van der Waals surface area contributed by atoms with Gasteiger partial charge in [0.05, 0.1) is 13.2 Å². The lowest BCUT2D eigenvalue weighted by atomic mass is 10.0. The van der Waals surface area contributed by atoms with Crippen LogP contribution in [0.15, 0.2) is 24.3 Å². The molecule has 1 aromatic rings. The molecule has 1 rings (SSSR count). The topological polar surface area (TPSA) is 29.5 Å². The van der Waals surface area contributed by atoms with Gasteiger partial charge < -0.3 is 9.84 Å². The molecule has 16 heavy (non-hydrogen) atoms. The van der Waals surface area contributed by atoms with Gasteiger partial charge in [-0.3, -0.25) is 0 Å². The highest BCUT2D eigenvalue weighted by Crippen LogP contribution is 2.28. The molecule has 5 heteroatoms. The lowest BCUT2D eigenvalue weighted by molar-refractivity contribution is -0.140. The zero-order chi connectivity index (χ0) is 12.2. The Balaban J connectivity index is 2.56. The van der Waals surface area contributed by atoms with Crippen molar-refractivity contribution >= 4 is 0 Å². The number of hydrogen-bond acceptors (Lipinski definition) is 2. The molecule has 0 bridgehead atoms. The van der Waals surface area contributed by atoms with E-state index in [0.29, 0.717) is 11.3 Å². The minimum atomic E-state index is -4.23. The minimum absolute atomic E-state index is 0.324. The first-order valence-electron chi connectivity index (χ1n) is 4.81. The molecule has 1 aromatic carbocycles. The second kappa shape index (κ2) is 5.21. The van der Waals surface area contributed by atoms with E-state index in [-0.39, 0.29) is 6.42 Å². The van der Waals surface area contributed by atoms with E-state index in [4.69, 9.17) is 4.74 Å². The molecule has 0 aliphatic carbocycles. The Bertz CT molecular complexity index is 319. The summed E-state index contributed by atoms with van der Waals surface area (Å²) < 4.78 is 40.7. The standard InChI is InChI=1S/C11H13F3O2/c1-16-9-4-2-8(3-5-9)10(15)6-7-11(12,13)14/h2-5,10,15H,6-7H2,1H3. The molecule has 0 radical (unpaired) electrons. The highest BCUT2D eigenvalue weighted by Gasteiger charge is 2.28. The van der Waals surface area contributed by atoms with E-state index in [1.54, 1.807) is 24.3 Å². The largest absolute Gasteiger partial charge is 0.497 e. The van der Waals surface area contributed by atoms with Gasteiger partial charge in [0.1, 0.15) is 5.75 Å². The summed E-state index contributed by atoms with van der Waals surface area (Å²) in [5.74, 6) is 0.603. The van der Waals surface area contributed by atoms with Crippen LogP contribution >= 0.6 is 0 Å². The Morgan fingerprint density at radius 2 is 1.81 bits per heavy atom. The fourth-order valence-electron chi connectivity index (χ4n) is 1.29. The number of methoxy groups -OCH3 is 1. The van der Waals surface area contributed by atoms with E-state index in [1.165, 1.54) is 7.11 Å². The van der Waals surface area contributed by atoms with Gasteiger partial charge in [0.2, 0.25) is 0 Å². The van der Waals surface area contributed by atoms with Crippen LogP contribution in [0.1, 0.15) is 24.5 Å². The summed E-state index contributed by atoms with van der Waals surface area (Å²) in [6, 6.07) is 6.32. The lowest BCUT2D eigenvalue weighted by Gasteiger charge is -2.12. The molecular formula is C11H13F3O2. The number of alkyl halides is 3. The van der Waals surface area contributed by atoms with Gasteiger partial charge in [-0.05, 0) is 24.1 Å². The monoisotopic (exact) mass is 234 g/mol. The molecule has 0 spiro atoms. The first kappa shape index (κ1) is 12.8. The Hall–Kier alpha value is -1.23. The minimum Gasteiger partial charge on any atom is -0.497 e. The SMILES string of the molecule is COc1ccc(C(O)CCC(F)(F)F)cc1. The summed E-state index contributed by atoms with van der Waals surface area (Å²) >= 11 is 0. The van der Waals surface area contributed by atoms with Crippen molar-refractivity contribution in [3.8, 4) is 5.75 Å². The number of ether oxygens (including phenoxy) is 1. The summed E-state index contributed by atoms with van der Waals surface area (Å²) in [4.78, 5) is 0. The number of benzene rings is 1. The van der Waals surface area contributed by atoms with Crippen LogP contribution in [0.3, 0.4) is 0 Å². The Kier molecular flexibility index (Phi) is 4.18. The van der Waals surface area contributed by atoms with Crippen molar-refractivity contribution in [3.05, 3.63) is 29.8 Å². The van der Waals surface area contributed by atoms with Crippen LogP contribution in [-0.4, -0.2) is 18.4 Å². The van der Waals surface area contributed by atoms with Crippen LogP contribution in [0.4, 0.5) is 13.2 Å². The summed E-state index contributed by atoms with van der Waals surface area (Å²) in [6.45, 7) is 0. The van der Waals surface area contributed by atoms with Gasteiger partial charge in [-0.15, -0.1) is 0 Å². The van der Waals surface area contributed by atoms with Crippen LogP contribution in [0.5, 0.6) is 5.75 Å². The predicted molar refractivity (Wildman–Crippen MR) is 53.2 cm³/mol. The van der Waals surface area contributed by atoms with Crippen molar-refractivity contribution in [1.82, 2.24) is 0 Å².